The van der Waals surface area contributed by atoms with Gasteiger partial charge in [-0.3, -0.25) is 54.8 Å². The highest BCUT2D eigenvalue weighted by atomic mass is 16.5. The largest absolute Gasteiger partial charge is 0.454 e. The summed E-state index contributed by atoms with van der Waals surface area (Å²) in [6.45, 7) is 9.35. The summed E-state index contributed by atoms with van der Waals surface area (Å²) >= 11 is 0. The first-order valence-electron chi connectivity index (χ1n) is 33.5. The van der Waals surface area contributed by atoms with Gasteiger partial charge in [-0.15, -0.1) is 0 Å². The lowest BCUT2D eigenvalue weighted by atomic mass is 9.94. The molecule has 43 heteroatoms. The Labute approximate surface area is 597 Å². The number of nitrogens with zero attached hydrogens (tertiary/aromatic N) is 7. The minimum absolute atomic E-state index is 0.0352. The lowest BCUT2D eigenvalue weighted by Crippen LogP contribution is -2.78. The van der Waals surface area contributed by atoms with Gasteiger partial charge in [-0.2, -0.15) is 0 Å². The molecule has 5 amide bonds. The Kier molecular flexibility index (Phi) is 49.8. The number of guanidine groups is 2. The van der Waals surface area contributed by atoms with Gasteiger partial charge in [0.25, 0.3) is 17.7 Å². The van der Waals surface area contributed by atoms with Gasteiger partial charge in [0.2, 0.25) is 11.8 Å². The summed E-state index contributed by atoms with van der Waals surface area (Å²) in [6, 6.07) is 0. The molecular formula is C60H111N29O14. The fourth-order valence-electron chi connectivity index (χ4n) is 8.48. The number of ether oxygens (including phenoxy) is 6. The highest BCUT2D eigenvalue weighted by Crippen LogP contribution is 2.21. The van der Waals surface area contributed by atoms with Crippen molar-refractivity contribution in [2.24, 2.45) is 63.4 Å². The summed E-state index contributed by atoms with van der Waals surface area (Å²) in [5.41, 5.74) is 82.2. The fourth-order valence-corrected chi connectivity index (χ4v) is 8.48. The Hall–Kier alpha value is -9.54. The van der Waals surface area contributed by atoms with E-state index in [2.05, 4.69) is 66.8 Å². The van der Waals surface area contributed by atoms with Crippen molar-refractivity contribution in [1.29, 1.82) is 0 Å². The molecule has 2 atom stereocenters. The van der Waals surface area contributed by atoms with Crippen LogP contribution in [0.2, 0.25) is 0 Å². The summed E-state index contributed by atoms with van der Waals surface area (Å²) < 4.78 is 32.3. The van der Waals surface area contributed by atoms with Crippen LogP contribution in [0.15, 0.2) is 0 Å². The van der Waals surface area contributed by atoms with Crippen LogP contribution < -0.4 is 123 Å². The molecule has 0 fully saturated rings. The predicted octanol–water partition coefficient (Wildman–Crippen LogP) is -8.90. The first-order chi connectivity index (χ1) is 49.4. The third-order valence-corrected chi connectivity index (χ3v) is 13.7. The summed E-state index contributed by atoms with van der Waals surface area (Å²) in [6.07, 6.45) is 4.28. The molecule has 0 saturated carbocycles. The average Bonchev–Trinajstić information content (AvgIpc) is 0.825. The molecule has 0 spiro atoms. The molecule has 2 unspecified atom stereocenters. The topological polar surface area (TPSA) is 768 Å². The number of nitrogens with two attached hydrogens (primary N) is 15. The number of nitrogens with one attached hydrogen (secondary N) is 7. The number of nitrogen functional groups attached to an aromatic ring is 6. The van der Waals surface area contributed by atoms with Gasteiger partial charge in [0.1, 0.15) is 0 Å². The lowest BCUT2D eigenvalue weighted by Gasteiger charge is -2.19. The zero-order valence-electron chi connectivity index (χ0n) is 58.6. The van der Waals surface area contributed by atoms with E-state index in [9.17, 15) is 38.4 Å². The molecule has 0 bridgehead atoms. The van der Waals surface area contributed by atoms with Crippen molar-refractivity contribution >= 4 is 93.7 Å². The molecule has 0 aromatic carbocycles. The lowest BCUT2D eigenvalue weighted by molar-refractivity contribution is -0.459. The molecule has 580 valence electrons. The van der Waals surface area contributed by atoms with Crippen LogP contribution in [0.5, 0.6) is 0 Å². The Morgan fingerprint density at radius 2 is 0.709 bits per heavy atom. The number of hydrogen-bond acceptors (Lipinski definition) is 32. The van der Waals surface area contributed by atoms with Gasteiger partial charge in [-0.1, -0.05) is 0 Å². The molecule has 3 aromatic heterocycles. The Bertz CT molecular complexity index is 2970. The van der Waals surface area contributed by atoms with Crippen LogP contribution in [0.1, 0.15) is 134 Å². The third kappa shape index (κ3) is 40.0. The van der Waals surface area contributed by atoms with E-state index in [0.717, 1.165) is 12.8 Å². The molecule has 103 heavy (non-hydrogen) atoms. The summed E-state index contributed by atoms with van der Waals surface area (Å²) in [4.78, 5) is 126. The van der Waals surface area contributed by atoms with Crippen molar-refractivity contribution in [1.82, 2.24) is 61.8 Å². The van der Waals surface area contributed by atoms with Crippen LogP contribution in [-0.2, 0) is 38.0 Å². The number of rotatable bonds is 54. The monoisotopic (exact) mass is 1460 g/mol. The smallest absolute Gasteiger partial charge is 0.338 e. The summed E-state index contributed by atoms with van der Waals surface area (Å²) in [5, 5.41) is 24.6. The highest BCUT2D eigenvalue weighted by Gasteiger charge is 2.28. The normalized spacial score (nSPS) is 11.3. The second-order valence-corrected chi connectivity index (χ2v) is 22.0. The van der Waals surface area contributed by atoms with Crippen LogP contribution in [0, 0.1) is 11.8 Å². The number of Topliss-reactive ketones (excluding diaryl/α,β-unsaturated/α-hetero) is 3. The number of amides is 5. The van der Waals surface area contributed by atoms with E-state index in [1.807, 2.05) is 0 Å². The van der Waals surface area contributed by atoms with Gasteiger partial charge in [-0.05, 0) is 77.5 Å². The average molecular weight is 1460 g/mol. The Morgan fingerprint density at radius 3 is 1.14 bits per heavy atom. The van der Waals surface area contributed by atoms with Gasteiger partial charge in [-0.25, -0.2) is 29.9 Å². The van der Waals surface area contributed by atoms with E-state index in [0.29, 0.717) is 144 Å². The van der Waals surface area contributed by atoms with Crippen LogP contribution in [-0.4, -0.2) is 253 Å². The van der Waals surface area contributed by atoms with Crippen LogP contribution in [0.3, 0.4) is 0 Å². The van der Waals surface area contributed by atoms with E-state index >= 15 is 0 Å². The number of carbonyl (C=O) groups is 8. The molecule has 43 nitrogen and oxygen atoms in total. The number of ketones is 3. The van der Waals surface area contributed by atoms with Crippen molar-refractivity contribution < 1.29 is 71.8 Å². The molecule has 3 rings (SSSR count). The summed E-state index contributed by atoms with van der Waals surface area (Å²) in [7, 11) is 0. The van der Waals surface area contributed by atoms with E-state index in [1.54, 1.807) is 0 Å². The van der Waals surface area contributed by atoms with E-state index in [-0.39, 0.29) is 177 Å². The third-order valence-electron chi connectivity index (χ3n) is 13.7. The van der Waals surface area contributed by atoms with Crippen molar-refractivity contribution in [2.45, 2.75) is 70.6 Å². The van der Waals surface area contributed by atoms with Gasteiger partial charge in [0, 0.05) is 103 Å². The maximum absolute atomic E-state index is 13.1. The standard InChI is InChI=1S/C25H47N7O8.C24H44N15O4.C11H19N7O2/c26-5-2-9-36-13-17-39-16-12-35-8-1-4-20(33)21-23(28)32-22(24(29)31-21)25(34)30-7-11-38-15-19-40-18-14-37-10-3-6-27;25-5-9-33-20(41)13(3-1-7-35-23(29)30)11-15(40)16-18(27)39-17(19(28)38-16)22(43)37-12-14(21(42)34-10-6-26)4-2-8-36-24(31)32;12-3-1-2-6(19)7-9(14)18-8(10(15)17-7)11(20)16-5-4-13/h1-19,26-27H2,(H2,28,32)(H2,29,31)(H,30,34);13-14H,1-12,25-26H2,(H14-,27,28,29,30,31,32,33,34,35,36,37,38,39,40,41,42,43);1-5,12-13H2,(H2,14,18)(H2,15,17)(H,16,20)/q;-1;/p+1. The maximum Gasteiger partial charge on any atom is 0.338 e. The second-order valence-electron chi connectivity index (χ2n) is 22.0. The number of aromatic nitrogens is 6. The highest BCUT2D eigenvalue weighted by molar-refractivity contribution is 6.04. The van der Waals surface area contributed by atoms with Crippen molar-refractivity contribution in [3.63, 3.8) is 0 Å². The minimum atomic E-state index is -0.763. The second kappa shape index (κ2) is 56.1. The maximum atomic E-state index is 13.1. The molecule has 3 aromatic rings. The molecule has 3 heterocycles. The first-order valence-corrected chi connectivity index (χ1v) is 33.5. The zero-order valence-corrected chi connectivity index (χ0v) is 58.6. The number of hydrogen-bond donors (Lipinski definition) is 22. The van der Waals surface area contributed by atoms with Gasteiger partial charge < -0.3 is 140 Å². The van der Waals surface area contributed by atoms with Crippen LogP contribution in [0.25, 0.3) is 5.41 Å². The predicted molar refractivity (Wildman–Crippen MR) is 385 cm³/mol. The van der Waals surface area contributed by atoms with Crippen molar-refractivity contribution in [2.75, 3.05) is 199 Å². The van der Waals surface area contributed by atoms with Crippen LogP contribution in [0.4, 0.5) is 34.9 Å². The molecule has 37 N–H and O–H groups in total. The quantitative estimate of drug-likeness (QED) is 0.0108. The zero-order chi connectivity index (χ0) is 76.7. The molecule has 0 aliphatic rings. The Morgan fingerprint density at radius 1 is 0.359 bits per heavy atom. The fraction of sp³-hybridized carbons (Fsp3) is 0.633. The van der Waals surface area contributed by atoms with Crippen molar-refractivity contribution in [3.8, 4) is 0 Å². The van der Waals surface area contributed by atoms with Gasteiger partial charge in [0.05, 0.1) is 71.9 Å². The van der Waals surface area contributed by atoms with E-state index in [1.165, 1.54) is 0 Å². The van der Waals surface area contributed by atoms with Gasteiger partial charge in [0.15, 0.2) is 86.4 Å². The van der Waals surface area contributed by atoms with Crippen LogP contribution >= 0.6 is 0 Å². The molecule has 0 aliphatic carbocycles. The number of anilines is 6. The molecular weight excluding hydrogens is 1350 g/mol. The van der Waals surface area contributed by atoms with Gasteiger partial charge >= 0.3 is 5.96 Å². The summed E-state index contributed by atoms with van der Waals surface area (Å²) in [5.74, 6) is -6.94. The molecule has 0 aliphatic heterocycles. The van der Waals surface area contributed by atoms with Crippen molar-refractivity contribution in [3.05, 3.63) is 39.6 Å². The molecule has 0 saturated heterocycles. The van der Waals surface area contributed by atoms with E-state index in [4.69, 9.17) is 120 Å². The SMILES string of the molecule is NCCCC(=O)c1nc(N)c(C(=O)NCCN)nc1N.NCCCOCCOCCOCCCC(=O)c1nc(N)c(C(=O)NCCOCCOCCOCCCN)nc1N.[N-]=C(N)NCCCC(CNC(=O)c1nc(N)c(C(=O)CC(CCC[NH+]=C(N)N)C(=O)NCCN)nc1N)C(=O)NCCN. The molecule has 0 radical (unpaired) electrons. The Balaban J connectivity index is 0.000000820. The van der Waals surface area contributed by atoms with E-state index < -0.39 is 41.3 Å². The number of carbonyl (C=O) groups excluding carboxylic acids is 8. The first kappa shape index (κ1) is 91.5. The minimum Gasteiger partial charge on any atom is -0.454 e.